The summed E-state index contributed by atoms with van der Waals surface area (Å²) in [7, 11) is 1.79. The summed E-state index contributed by atoms with van der Waals surface area (Å²) in [5.74, 6) is 2.37. The Morgan fingerprint density at radius 1 is 1.26 bits per heavy atom. The van der Waals surface area contributed by atoms with Gasteiger partial charge in [0, 0.05) is 46.6 Å². The lowest BCUT2D eigenvalue weighted by Crippen LogP contribution is -2.37. The van der Waals surface area contributed by atoms with Crippen LogP contribution >= 0.6 is 24.0 Å². The number of rotatable bonds is 10. The fraction of sp³-hybridized carbons (Fsp3) is 0.650. The Bertz CT molecular complexity index is 537. The first-order valence-corrected chi connectivity index (χ1v) is 9.63. The molecule has 1 heterocycles. The molecule has 154 valence electrons. The predicted octanol–water partition coefficient (Wildman–Crippen LogP) is 3.20. The van der Waals surface area contributed by atoms with E-state index >= 15 is 0 Å². The lowest BCUT2D eigenvalue weighted by molar-refractivity contribution is 0.0203. The molecule has 1 aromatic carbocycles. The third-order valence-electron chi connectivity index (χ3n) is 4.35. The number of ether oxygens (including phenoxy) is 3. The summed E-state index contributed by atoms with van der Waals surface area (Å²) < 4.78 is 16.7. The first kappa shape index (κ1) is 24.0. The highest BCUT2D eigenvalue weighted by molar-refractivity contribution is 14.0. The van der Waals surface area contributed by atoms with Crippen molar-refractivity contribution >= 4 is 29.9 Å². The minimum atomic E-state index is 0. The van der Waals surface area contributed by atoms with Crippen LogP contribution in [0.5, 0.6) is 5.75 Å². The zero-order chi connectivity index (χ0) is 18.5. The van der Waals surface area contributed by atoms with E-state index < -0.39 is 0 Å². The topological polar surface area (TPSA) is 64.1 Å². The van der Waals surface area contributed by atoms with E-state index in [0.717, 1.165) is 63.9 Å². The molecule has 0 saturated carbocycles. The second-order valence-corrected chi connectivity index (χ2v) is 6.42. The van der Waals surface area contributed by atoms with Crippen molar-refractivity contribution in [2.24, 2.45) is 10.9 Å². The minimum Gasteiger partial charge on any atom is -0.494 e. The van der Waals surface area contributed by atoms with E-state index in [2.05, 4.69) is 21.7 Å². The van der Waals surface area contributed by atoms with Crippen LogP contribution in [-0.4, -0.2) is 52.6 Å². The molecule has 1 saturated heterocycles. The average molecular weight is 491 g/mol. The second kappa shape index (κ2) is 14.9. The zero-order valence-corrected chi connectivity index (χ0v) is 18.9. The number of guanidine groups is 1. The van der Waals surface area contributed by atoms with Crippen molar-refractivity contribution in [1.82, 2.24) is 10.6 Å². The number of aliphatic imine (C=N–C) groups is 1. The van der Waals surface area contributed by atoms with Gasteiger partial charge in [0.2, 0.25) is 0 Å². The van der Waals surface area contributed by atoms with Gasteiger partial charge in [-0.05, 0) is 49.8 Å². The van der Waals surface area contributed by atoms with Crippen molar-refractivity contribution in [3.8, 4) is 5.75 Å². The number of benzene rings is 1. The van der Waals surface area contributed by atoms with Crippen molar-refractivity contribution in [3.05, 3.63) is 29.8 Å². The number of hydrogen-bond donors (Lipinski definition) is 2. The molecule has 2 rings (SSSR count). The maximum absolute atomic E-state index is 5.78. The van der Waals surface area contributed by atoms with Crippen LogP contribution < -0.4 is 15.4 Å². The van der Waals surface area contributed by atoms with E-state index in [1.165, 1.54) is 5.56 Å². The van der Waals surface area contributed by atoms with Gasteiger partial charge in [-0.25, -0.2) is 0 Å². The maximum Gasteiger partial charge on any atom is 0.191 e. The van der Waals surface area contributed by atoms with Crippen molar-refractivity contribution in [3.63, 3.8) is 0 Å². The van der Waals surface area contributed by atoms with E-state index in [-0.39, 0.29) is 24.0 Å². The largest absolute Gasteiger partial charge is 0.494 e. The van der Waals surface area contributed by atoms with Gasteiger partial charge < -0.3 is 24.8 Å². The van der Waals surface area contributed by atoms with E-state index in [4.69, 9.17) is 14.2 Å². The highest BCUT2D eigenvalue weighted by Gasteiger charge is 2.13. The summed E-state index contributed by atoms with van der Waals surface area (Å²) in [5.41, 5.74) is 1.17. The van der Waals surface area contributed by atoms with Gasteiger partial charge in [-0.2, -0.15) is 0 Å². The predicted molar refractivity (Wildman–Crippen MR) is 120 cm³/mol. The molecule has 1 fully saturated rings. The third-order valence-corrected chi connectivity index (χ3v) is 4.35. The zero-order valence-electron chi connectivity index (χ0n) is 16.5. The molecule has 0 aliphatic carbocycles. The summed E-state index contributed by atoms with van der Waals surface area (Å²) in [5, 5.41) is 6.65. The van der Waals surface area contributed by atoms with Gasteiger partial charge in [0.15, 0.2) is 5.96 Å². The number of halogens is 1. The van der Waals surface area contributed by atoms with Crippen molar-refractivity contribution in [1.29, 1.82) is 0 Å². The third kappa shape index (κ3) is 10.2. The number of nitrogens with zero attached hydrogens (tertiary/aromatic N) is 1. The van der Waals surface area contributed by atoms with Gasteiger partial charge >= 0.3 is 0 Å². The monoisotopic (exact) mass is 491 g/mol. The van der Waals surface area contributed by atoms with Crippen molar-refractivity contribution < 1.29 is 14.2 Å². The fourth-order valence-corrected chi connectivity index (χ4v) is 2.86. The molecule has 0 amide bonds. The quantitative estimate of drug-likeness (QED) is 0.228. The molecule has 27 heavy (non-hydrogen) atoms. The van der Waals surface area contributed by atoms with Crippen LogP contribution in [0, 0.1) is 5.92 Å². The Labute approximate surface area is 180 Å². The number of hydrogen-bond acceptors (Lipinski definition) is 4. The van der Waals surface area contributed by atoms with Crippen LogP contribution in [-0.2, 0) is 16.0 Å². The second-order valence-electron chi connectivity index (χ2n) is 6.42. The normalized spacial score (nSPS) is 15.1. The maximum atomic E-state index is 5.78. The van der Waals surface area contributed by atoms with Gasteiger partial charge in [-0.3, -0.25) is 4.99 Å². The summed E-state index contributed by atoms with van der Waals surface area (Å²) in [6, 6.07) is 8.11. The molecule has 0 atom stereocenters. The molecular formula is C20H34IN3O3. The Morgan fingerprint density at radius 2 is 2.07 bits per heavy atom. The average Bonchev–Trinajstić information content (AvgIpc) is 2.68. The van der Waals surface area contributed by atoms with Gasteiger partial charge in [-0.15, -0.1) is 24.0 Å². The summed E-state index contributed by atoms with van der Waals surface area (Å²) in [4.78, 5) is 4.26. The van der Waals surface area contributed by atoms with Crippen LogP contribution in [0.1, 0.15) is 31.7 Å². The summed E-state index contributed by atoms with van der Waals surface area (Å²) in [6.45, 7) is 7.61. The molecule has 0 spiro atoms. The Kier molecular flexibility index (Phi) is 13.3. The highest BCUT2D eigenvalue weighted by Crippen LogP contribution is 2.14. The molecule has 1 aliphatic heterocycles. The standard InChI is InChI=1S/C20H33N3O3.HI/c1-3-26-19-7-4-6-18(14-19)15-23-20(21-2)22-10-5-11-25-16-17-8-12-24-13-9-17;/h4,6-7,14,17H,3,5,8-13,15-16H2,1-2H3,(H2,21,22,23);1H. The smallest absolute Gasteiger partial charge is 0.191 e. The molecule has 0 aromatic heterocycles. The van der Waals surface area contributed by atoms with Crippen LogP contribution in [0.4, 0.5) is 0 Å². The molecule has 2 N–H and O–H groups in total. The summed E-state index contributed by atoms with van der Waals surface area (Å²) >= 11 is 0. The van der Waals surface area contributed by atoms with Gasteiger partial charge in [0.1, 0.15) is 5.75 Å². The first-order valence-electron chi connectivity index (χ1n) is 9.63. The number of nitrogens with one attached hydrogen (secondary N) is 2. The molecule has 0 unspecified atom stereocenters. The Hall–Kier alpha value is -1.06. The van der Waals surface area contributed by atoms with Crippen LogP contribution in [0.2, 0.25) is 0 Å². The molecule has 7 heteroatoms. The molecule has 1 aromatic rings. The van der Waals surface area contributed by atoms with Crippen LogP contribution in [0.15, 0.2) is 29.3 Å². The van der Waals surface area contributed by atoms with E-state index in [0.29, 0.717) is 19.1 Å². The molecule has 0 bridgehead atoms. The van der Waals surface area contributed by atoms with Gasteiger partial charge in [0.05, 0.1) is 6.61 Å². The lowest BCUT2D eigenvalue weighted by atomic mass is 10.0. The Balaban J connectivity index is 0.00000364. The first-order chi connectivity index (χ1) is 12.8. The SMILES string of the molecule is CCOc1cccc(CNC(=NC)NCCCOCC2CCOCC2)c1.I. The van der Waals surface area contributed by atoms with E-state index in [1.54, 1.807) is 7.05 Å². The van der Waals surface area contributed by atoms with E-state index in [1.807, 2.05) is 25.1 Å². The summed E-state index contributed by atoms with van der Waals surface area (Å²) in [6.07, 6.45) is 3.21. The molecule has 1 aliphatic rings. The van der Waals surface area contributed by atoms with Crippen molar-refractivity contribution in [2.75, 3.05) is 46.6 Å². The molecule has 0 radical (unpaired) electrons. The van der Waals surface area contributed by atoms with Gasteiger partial charge in [-0.1, -0.05) is 12.1 Å². The minimum absolute atomic E-state index is 0. The van der Waals surface area contributed by atoms with Gasteiger partial charge in [0.25, 0.3) is 0 Å². The highest BCUT2D eigenvalue weighted by atomic mass is 127. The van der Waals surface area contributed by atoms with Crippen molar-refractivity contribution in [2.45, 2.75) is 32.7 Å². The lowest BCUT2D eigenvalue weighted by Gasteiger charge is -2.21. The van der Waals surface area contributed by atoms with Crippen LogP contribution in [0.25, 0.3) is 0 Å². The fourth-order valence-electron chi connectivity index (χ4n) is 2.86. The Morgan fingerprint density at radius 3 is 2.81 bits per heavy atom. The molecule has 6 nitrogen and oxygen atoms in total. The van der Waals surface area contributed by atoms with E-state index in [9.17, 15) is 0 Å². The van der Waals surface area contributed by atoms with Crippen LogP contribution in [0.3, 0.4) is 0 Å². The molecular weight excluding hydrogens is 457 g/mol.